The van der Waals surface area contributed by atoms with E-state index in [2.05, 4.69) is 21.4 Å². The normalized spacial score (nSPS) is 11.4. The minimum Gasteiger partial charge on any atom is -0.271 e. The van der Waals surface area contributed by atoms with Crippen LogP contribution in [0.5, 0.6) is 0 Å². The van der Waals surface area contributed by atoms with Gasteiger partial charge in [-0.2, -0.15) is 5.26 Å². The van der Waals surface area contributed by atoms with Gasteiger partial charge in [0.1, 0.15) is 5.01 Å². The van der Waals surface area contributed by atoms with Crippen LogP contribution >= 0.6 is 23.1 Å². The van der Waals surface area contributed by atoms with Crippen molar-refractivity contribution in [1.29, 1.82) is 5.26 Å². The van der Waals surface area contributed by atoms with E-state index in [4.69, 9.17) is 5.26 Å². The Morgan fingerprint density at radius 2 is 2.14 bits per heavy atom. The molecule has 1 aromatic heterocycles. The summed E-state index contributed by atoms with van der Waals surface area (Å²) in [6.07, 6.45) is 3.77. The first kappa shape index (κ1) is 14.6. The molecule has 0 saturated heterocycles. The number of hydrogen-bond donors (Lipinski definition) is 1. The fourth-order valence-electron chi connectivity index (χ4n) is 1.99. The van der Waals surface area contributed by atoms with Crippen molar-refractivity contribution in [3.63, 3.8) is 0 Å². The first-order valence-electron chi connectivity index (χ1n) is 6.54. The Kier molecular flexibility index (Phi) is 4.37. The molecule has 0 atom stereocenters. The lowest BCUT2D eigenvalue weighted by atomic mass is 10.2. The van der Waals surface area contributed by atoms with Crippen LogP contribution in [0.15, 0.2) is 53.5 Å². The second kappa shape index (κ2) is 6.60. The highest BCUT2D eigenvalue weighted by atomic mass is 32.2. The number of fused-ring (bicyclic) bond motifs is 1. The third kappa shape index (κ3) is 3.11. The molecule has 0 radical (unpaired) electrons. The molecule has 0 unspecified atom stereocenters. The first-order valence-corrected chi connectivity index (χ1v) is 8.58. The van der Waals surface area contributed by atoms with Gasteiger partial charge < -0.3 is 0 Å². The Balaban J connectivity index is 1.99. The number of aliphatic imine (C=N–C) groups is 1. The summed E-state index contributed by atoms with van der Waals surface area (Å²) in [5.41, 5.74) is 2.83. The number of para-hydroxylation sites is 1. The van der Waals surface area contributed by atoms with Crippen molar-refractivity contribution >= 4 is 44.2 Å². The SMILES string of the molecule is CSC(=Nc1cccc(-c2nc3ccccc3s2)c1)NC#N. The maximum absolute atomic E-state index is 8.70. The average molecular weight is 324 g/mol. The predicted molar refractivity (Wildman–Crippen MR) is 94.4 cm³/mol. The lowest BCUT2D eigenvalue weighted by Crippen LogP contribution is -2.12. The number of thiazole rings is 1. The number of rotatable bonds is 2. The number of nitrogens with zero attached hydrogens (tertiary/aromatic N) is 3. The van der Waals surface area contributed by atoms with Gasteiger partial charge in [0.15, 0.2) is 11.4 Å². The van der Waals surface area contributed by atoms with Crippen molar-refractivity contribution < 1.29 is 0 Å². The van der Waals surface area contributed by atoms with Crippen molar-refractivity contribution in [3.8, 4) is 16.8 Å². The Labute approximate surface area is 136 Å². The Bertz CT molecular complexity index is 844. The van der Waals surface area contributed by atoms with Crippen LogP contribution in [0, 0.1) is 11.5 Å². The van der Waals surface area contributed by atoms with E-state index < -0.39 is 0 Å². The van der Waals surface area contributed by atoms with Crippen molar-refractivity contribution in [2.45, 2.75) is 0 Å². The average Bonchev–Trinajstić information content (AvgIpc) is 2.99. The molecular weight excluding hydrogens is 312 g/mol. The molecule has 2 aromatic carbocycles. The molecule has 0 amide bonds. The zero-order valence-corrected chi connectivity index (χ0v) is 13.4. The molecule has 1 N–H and O–H groups in total. The van der Waals surface area contributed by atoms with Gasteiger partial charge in [0.2, 0.25) is 0 Å². The molecule has 108 valence electrons. The molecule has 22 heavy (non-hydrogen) atoms. The highest BCUT2D eigenvalue weighted by molar-refractivity contribution is 8.13. The molecule has 0 fully saturated rings. The van der Waals surface area contributed by atoms with Gasteiger partial charge in [0.05, 0.1) is 15.9 Å². The maximum Gasteiger partial charge on any atom is 0.183 e. The molecule has 0 aliphatic carbocycles. The molecule has 3 rings (SSSR count). The zero-order chi connectivity index (χ0) is 15.4. The standard InChI is InChI=1S/C16H12N4S2/c1-21-16(18-10-17)19-12-6-4-5-11(9-12)15-20-13-7-2-3-8-14(13)22-15/h2-9H,1H3,(H,18,19). The number of aromatic nitrogens is 1. The van der Waals surface area contributed by atoms with Gasteiger partial charge in [-0.15, -0.1) is 11.3 Å². The third-order valence-corrected chi connectivity index (χ3v) is 4.64. The van der Waals surface area contributed by atoms with Crippen LogP contribution in [0.3, 0.4) is 0 Å². The summed E-state index contributed by atoms with van der Waals surface area (Å²) in [5.74, 6) is 0. The van der Waals surface area contributed by atoms with E-state index in [1.807, 2.05) is 54.9 Å². The summed E-state index contributed by atoms with van der Waals surface area (Å²) >= 11 is 3.06. The predicted octanol–water partition coefficient (Wildman–Crippen LogP) is 4.38. The molecule has 0 spiro atoms. The largest absolute Gasteiger partial charge is 0.271 e. The number of benzene rings is 2. The molecule has 1 heterocycles. The minimum absolute atomic E-state index is 0.573. The zero-order valence-electron chi connectivity index (χ0n) is 11.8. The van der Waals surface area contributed by atoms with Crippen molar-refractivity contribution in [1.82, 2.24) is 10.3 Å². The van der Waals surface area contributed by atoms with E-state index in [-0.39, 0.29) is 0 Å². The Morgan fingerprint density at radius 1 is 1.27 bits per heavy atom. The first-order chi connectivity index (χ1) is 10.8. The third-order valence-electron chi connectivity index (χ3n) is 2.97. The van der Waals surface area contributed by atoms with Gasteiger partial charge in [-0.05, 0) is 30.5 Å². The van der Waals surface area contributed by atoms with Crippen molar-refractivity contribution in [3.05, 3.63) is 48.5 Å². The lowest BCUT2D eigenvalue weighted by molar-refractivity contribution is 1.28. The van der Waals surface area contributed by atoms with Crippen LogP contribution in [0.25, 0.3) is 20.8 Å². The fourth-order valence-corrected chi connectivity index (χ4v) is 3.30. The molecule has 0 aliphatic rings. The van der Waals surface area contributed by atoms with Gasteiger partial charge in [0, 0.05) is 5.56 Å². The van der Waals surface area contributed by atoms with Gasteiger partial charge in [-0.1, -0.05) is 36.0 Å². The van der Waals surface area contributed by atoms with Gasteiger partial charge in [0.25, 0.3) is 0 Å². The van der Waals surface area contributed by atoms with Crippen LogP contribution in [0.2, 0.25) is 0 Å². The second-order valence-corrected chi connectivity index (χ2v) is 6.22. The number of nitriles is 1. The van der Waals surface area contributed by atoms with Crippen LogP contribution in [0.1, 0.15) is 0 Å². The second-order valence-electron chi connectivity index (χ2n) is 4.39. The summed E-state index contributed by atoms with van der Waals surface area (Å²) in [4.78, 5) is 9.09. The highest BCUT2D eigenvalue weighted by Crippen LogP contribution is 2.31. The number of nitrogens with one attached hydrogen (secondary N) is 1. The summed E-state index contributed by atoms with van der Waals surface area (Å²) in [5, 5.41) is 12.8. The van der Waals surface area contributed by atoms with Gasteiger partial charge in [-0.25, -0.2) is 9.98 Å². The quantitative estimate of drug-likeness (QED) is 0.329. The van der Waals surface area contributed by atoms with E-state index in [9.17, 15) is 0 Å². The smallest absolute Gasteiger partial charge is 0.183 e. The van der Waals surface area contributed by atoms with Crippen molar-refractivity contribution in [2.24, 2.45) is 4.99 Å². The Morgan fingerprint density at radius 3 is 2.91 bits per heavy atom. The summed E-state index contributed by atoms with van der Waals surface area (Å²) in [6, 6.07) is 16.0. The number of hydrogen-bond acceptors (Lipinski definition) is 5. The summed E-state index contributed by atoms with van der Waals surface area (Å²) in [7, 11) is 0. The number of amidine groups is 1. The Hall–Kier alpha value is -2.36. The molecule has 0 saturated carbocycles. The number of thioether (sulfide) groups is 1. The summed E-state index contributed by atoms with van der Waals surface area (Å²) in [6.45, 7) is 0. The monoisotopic (exact) mass is 324 g/mol. The summed E-state index contributed by atoms with van der Waals surface area (Å²) < 4.78 is 1.17. The van der Waals surface area contributed by atoms with E-state index in [1.165, 1.54) is 16.5 Å². The highest BCUT2D eigenvalue weighted by Gasteiger charge is 2.06. The molecule has 0 bridgehead atoms. The van der Waals surface area contributed by atoms with Crippen LogP contribution < -0.4 is 5.32 Å². The molecule has 3 aromatic rings. The van der Waals surface area contributed by atoms with Gasteiger partial charge >= 0.3 is 0 Å². The van der Waals surface area contributed by atoms with E-state index >= 15 is 0 Å². The lowest BCUT2D eigenvalue weighted by Gasteiger charge is -2.01. The van der Waals surface area contributed by atoms with E-state index in [1.54, 1.807) is 11.3 Å². The van der Waals surface area contributed by atoms with Crippen LogP contribution in [-0.4, -0.2) is 16.4 Å². The molecular formula is C16H12N4S2. The van der Waals surface area contributed by atoms with Crippen LogP contribution in [0.4, 0.5) is 5.69 Å². The van der Waals surface area contributed by atoms with E-state index in [0.29, 0.717) is 5.17 Å². The molecule has 4 nitrogen and oxygen atoms in total. The topological polar surface area (TPSA) is 61.1 Å². The van der Waals surface area contributed by atoms with Gasteiger partial charge in [-0.3, -0.25) is 5.32 Å². The minimum atomic E-state index is 0.573. The van der Waals surface area contributed by atoms with Crippen LogP contribution in [-0.2, 0) is 0 Å². The molecule has 0 aliphatic heterocycles. The molecule has 6 heteroatoms. The fraction of sp³-hybridized carbons (Fsp3) is 0.0625. The van der Waals surface area contributed by atoms with Crippen molar-refractivity contribution in [2.75, 3.05) is 6.26 Å². The maximum atomic E-state index is 8.70. The van der Waals surface area contributed by atoms with E-state index in [0.717, 1.165) is 21.8 Å².